The summed E-state index contributed by atoms with van der Waals surface area (Å²) in [5.41, 5.74) is 0.895. The number of amidine groups is 1. The fraction of sp³-hybridized carbons (Fsp3) is 0.429. The summed E-state index contributed by atoms with van der Waals surface area (Å²) in [7, 11) is -3.02. The molecular formula is C14H15IN2O3S2. The maximum atomic E-state index is 11.9. The molecule has 3 rings (SSSR count). The first-order valence-corrected chi connectivity index (χ1v) is 10.7. The number of carbonyl (C=O) groups excluding carboxylic acids is 1. The Hall–Kier alpha value is -0.610. The van der Waals surface area contributed by atoms with Crippen molar-refractivity contribution in [2.75, 3.05) is 16.4 Å². The predicted molar refractivity (Wildman–Crippen MR) is 98.2 cm³/mol. The van der Waals surface area contributed by atoms with Gasteiger partial charge in [-0.05, 0) is 40.8 Å². The largest absolute Gasteiger partial charge is 0.316 e. The Morgan fingerprint density at radius 2 is 2.23 bits per heavy atom. The molecule has 1 aromatic rings. The van der Waals surface area contributed by atoms with Gasteiger partial charge in [-0.15, -0.1) is 0 Å². The topological polar surface area (TPSA) is 66.8 Å². The number of rotatable bonds is 2. The summed E-state index contributed by atoms with van der Waals surface area (Å²) < 4.78 is 24.9. The molecule has 1 amide bonds. The lowest BCUT2D eigenvalue weighted by Crippen LogP contribution is -2.37. The minimum absolute atomic E-state index is 0.0497. The van der Waals surface area contributed by atoms with Gasteiger partial charge in [-0.25, -0.2) is 8.42 Å². The van der Waals surface area contributed by atoms with Crippen LogP contribution < -0.4 is 4.90 Å². The Bertz CT molecular complexity index is 748. The summed E-state index contributed by atoms with van der Waals surface area (Å²) in [6.45, 7) is 1.77. The first kappa shape index (κ1) is 16.3. The first-order valence-electron chi connectivity index (χ1n) is 6.93. The Morgan fingerprint density at radius 3 is 2.91 bits per heavy atom. The van der Waals surface area contributed by atoms with E-state index in [2.05, 4.69) is 27.6 Å². The van der Waals surface area contributed by atoms with E-state index in [-0.39, 0.29) is 28.7 Å². The zero-order valence-electron chi connectivity index (χ0n) is 11.9. The van der Waals surface area contributed by atoms with E-state index in [1.165, 1.54) is 11.8 Å². The molecule has 0 radical (unpaired) electrons. The molecular weight excluding hydrogens is 435 g/mol. The fourth-order valence-corrected chi connectivity index (χ4v) is 7.14. The van der Waals surface area contributed by atoms with Crippen molar-refractivity contribution in [2.24, 2.45) is 4.99 Å². The second kappa shape index (κ2) is 6.12. The number of thioether (sulfide) groups is 1. The van der Waals surface area contributed by atoms with E-state index >= 15 is 0 Å². The fourth-order valence-electron chi connectivity index (χ4n) is 2.68. The van der Waals surface area contributed by atoms with Gasteiger partial charge >= 0.3 is 0 Å². The molecule has 0 aromatic heterocycles. The number of anilines is 1. The number of nitrogens with zero attached hydrogens (tertiary/aromatic N) is 2. The van der Waals surface area contributed by atoms with Gasteiger partial charge in [0.15, 0.2) is 15.0 Å². The van der Waals surface area contributed by atoms with E-state index < -0.39 is 9.84 Å². The average Bonchev–Trinajstić information content (AvgIpc) is 2.89. The molecule has 0 bridgehead atoms. The third-order valence-electron chi connectivity index (χ3n) is 3.68. The Balaban J connectivity index is 2.03. The van der Waals surface area contributed by atoms with Crippen LogP contribution in [0.15, 0.2) is 29.3 Å². The lowest BCUT2D eigenvalue weighted by Gasteiger charge is -2.24. The molecule has 2 heterocycles. The number of amides is 1. The first-order chi connectivity index (χ1) is 10.4. The third kappa shape index (κ3) is 3.18. The maximum absolute atomic E-state index is 11.9. The molecule has 0 spiro atoms. The van der Waals surface area contributed by atoms with E-state index in [1.54, 1.807) is 6.92 Å². The standard InChI is InChI=1S/C14H15IN2O3S2/c1-2-13(18)16-14-17(10-5-3-4-9(15)6-10)11-7-22(19,20)8-12(11)21-14/h3-6,11-12H,2,7-8H2,1H3. The average molecular weight is 450 g/mol. The molecule has 118 valence electrons. The second-order valence-electron chi connectivity index (χ2n) is 5.29. The van der Waals surface area contributed by atoms with Crippen molar-refractivity contribution < 1.29 is 13.2 Å². The monoisotopic (exact) mass is 450 g/mol. The highest BCUT2D eigenvalue weighted by Crippen LogP contribution is 2.41. The number of hydrogen-bond acceptors (Lipinski definition) is 4. The molecule has 0 N–H and O–H groups in total. The van der Waals surface area contributed by atoms with Crippen molar-refractivity contribution in [3.8, 4) is 0 Å². The third-order valence-corrected chi connectivity index (χ3v) is 7.56. The van der Waals surface area contributed by atoms with Gasteiger partial charge in [-0.1, -0.05) is 24.8 Å². The highest BCUT2D eigenvalue weighted by Gasteiger charge is 2.49. The van der Waals surface area contributed by atoms with Gasteiger partial charge in [-0.3, -0.25) is 4.79 Å². The maximum Gasteiger partial charge on any atom is 0.247 e. The van der Waals surface area contributed by atoms with Crippen LogP contribution >= 0.6 is 34.4 Å². The van der Waals surface area contributed by atoms with Gasteiger partial charge in [0, 0.05) is 20.9 Å². The van der Waals surface area contributed by atoms with Crippen molar-refractivity contribution in [1.82, 2.24) is 0 Å². The van der Waals surface area contributed by atoms with Crippen molar-refractivity contribution in [3.63, 3.8) is 0 Å². The summed E-state index contributed by atoms with van der Waals surface area (Å²) in [5, 5.41) is 0.574. The van der Waals surface area contributed by atoms with Gasteiger partial charge in [0.25, 0.3) is 0 Å². The summed E-state index contributed by atoms with van der Waals surface area (Å²) >= 11 is 3.63. The predicted octanol–water partition coefficient (Wildman–Crippen LogP) is 2.30. The zero-order valence-corrected chi connectivity index (χ0v) is 15.7. The number of hydrogen-bond donors (Lipinski definition) is 0. The number of benzene rings is 1. The van der Waals surface area contributed by atoms with Crippen LogP contribution in [-0.4, -0.2) is 42.3 Å². The molecule has 22 heavy (non-hydrogen) atoms. The minimum Gasteiger partial charge on any atom is -0.316 e. The molecule has 2 unspecified atom stereocenters. The number of aliphatic imine (C=N–C) groups is 1. The van der Waals surface area contributed by atoms with E-state index in [9.17, 15) is 13.2 Å². The van der Waals surface area contributed by atoms with Crippen LogP contribution in [0.25, 0.3) is 0 Å². The highest BCUT2D eigenvalue weighted by atomic mass is 127. The van der Waals surface area contributed by atoms with Crippen LogP contribution in [0.5, 0.6) is 0 Å². The van der Waals surface area contributed by atoms with Crippen molar-refractivity contribution in [1.29, 1.82) is 0 Å². The quantitative estimate of drug-likeness (QED) is 0.648. The summed E-state index contributed by atoms with van der Waals surface area (Å²) in [6, 6.07) is 7.68. The van der Waals surface area contributed by atoms with E-state index in [1.807, 2.05) is 29.2 Å². The lowest BCUT2D eigenvalue weighted by atomic mass is 10.2. The van der Waals surface area contributed by atoms with Crippen LogP contribution in [0, 0.1) is 3.57 Å². The SMILES string of the molecule is CCC(=O)N=C1SC2CS(=O)(=O)CC2N1c1cccc(I)c1. The molecule has 2 fully saturated rings. The molecule has 8 heteroatoms. The van der Waals surface area contributed by atoms with Crippen LogP contribution in [0.2, 0.25) is 0 Å². The summed E-state index contributed by atoms with van der Waals surface area (Å²) in [4.78, 5) is 17.8. The van der Waals surface area contributed by atoms with Crippen molar-refractivity contribution >= 4 is 61.0 Å². The summed E-state index contributed by atoms with van der Waals surface area (Å²) in [6.07, 6.45) is 0.345. The van der Waals surface area contributed by atoms with Crippen molar-refractivity contribution in [3.05, 3.63) is 27.8 Å². The van der Waals surface area contributed by atoms with Crippen LogP contribution in [-0.2, 0) is 14.6 Å². The van der Waals surface area contributed by atoms with Crippen LogP contribution in [0.4, 0.5) is 5.69 Å². The molecule has 0 aliphatic carbocycles. The number of carbonyl (C=O) groups is 1. The lowest BCUT2D eigenvalue weighted by molar-refractivity contribution is -0.117. The van der Waals surface area contributed by atoms with E-state index in [0.717, 1.165) is 9.26 Å². The zero-order chi connectivity index (χ0) is 15.9. The second-order valence-corrected chi connectivity index (χ2v) is 9.90. The van der Waals surface area contributed by atoms with Crippen LogP contribution in [0.3, 0.4) is 0 Å². The van der Waals surface area contributed by atoms with Crippen LogP contribution in [0.1, 0.15) is 13.3 Å². The van der Waals surface area contributed by atoms with Gasteiger partial charge in [-0.2, -0.15) is 4.99 Å². The highest BCUT2D eigenvalue weighted by molar-refractivity contribution is 14.1. The molecule has 0 saturated carbocycles. The van der Waals surface area contributed by atoms with Gasteiger partial charge in [0.05, 0.1) is 17.5 Å². The number of fused-ring (bicyclic) bond motifs is 1. The Morgan fingerprint density at radius 1 is 1.45 bits per heavy atom. The molecule has 2 saturated heterocycles. The molecule has 2 aliphatic rings. The molecule has 2 aliphatic heterocycles. The summed E-state index contributed by atoms with van der Waals surface area (Å²) in [5.74, 6) is 0.0957. The Kier molecular flexibility index (Phi) is 4.52. The minimum atomic E-state index is -3.02. The molecule has 5 nitrogen and oxygen atoms in total. The van der Waals surface area contributed by atoms with E-state index in [0.29, 0.717) is 11.6 Å². The number of sulfone groups is 1. The smallest absolute Gasteiger partial charge is 0.247 e. The number of halogens is 1. The normalized spacial score (nSPS) is 28.1. The van der Waals surface area contributed by atoms with Gasteiger partial charge in [0.2, 0.25) is 5.91 Å². The Labute approximate surface area is 147 Å². The van der Waals surface area contributed by atoms with E-state index in [4.69, 9.17) is 0 Å². The molecule has 2 atom stereocenters. The van der Waals surface area contributed by atoms with Gasteiger partial charge < -0.3 is 4.90 Å². The van der Waals surface area contributed by atoms with Gasteiger partial charge in [0.1, 0.15) is 0 Å². The van der Waals surface area contributed by atoms with Crippen molar-refractivity contribution in [2.45, 2.75) is 24.6 Å². The molecule has 1 aromatic carbocycles.